The van der Waals surface area contributed by atoms with Gasteiger partial charge >= 0.3 is 0 Å². The molecular formula is C14H18ClNO. The number of halogens is 1. The molecule has 2 unspecified atom stereocenters. The molecule has 0 heterocycles. The standard InChI is InChI=1S/C14H18ClNO/c15-11-5-3-4-10(8-11)9-14(17)12-6-1-2-7-13(12)16/h3-5,8,12-13H,1-2,6-7,9,16H2. The Morgan fingerprint density at radius 3 is 2.82 bits per heavy atom. The summed E-state index contributed by atoms with van der Waals surface area (Å²) in [5, 5.41) is 0.684. The van der Waals surface area contributed by atoms with Crippen LogP contribution in [0, 0.1) is 5.92 Å². The fraction of sp³-hybridized carbons (Fsp3) is 0.500. The van der Waals surface area contributed by atoms with Gasteiger partial charge in [-0.05, 0) is 30.5 Å². The van der Waals surface area contributed by atoms with Crippen molar-refractivity contribution in [2.24, 2.45) is 11.7 Å². The summed E-state index contributed by atoms with van der Waals surface area (Å²) in [5.74, 6) is 0.308. The van der Waals surface area contributed by atoms with E-state index in [1.54, 1.807) is 0 Å². The van der Waals surface area contributed by atoms with Crippen molar-refractivity contribution in [2.75, 3.05) is 0 Å². The highest BCUT2D eigenvalue weighted by atomic mass is 35.5. The molecule has 0 radical (unpaired) electrons. The summed E-state index contributed by atoms with van der Waals surface area (Å²) in [6.45, 7) is 0. The van der Waals surface area contributed by atoms with Gasteiger partial charge in [0.1, 0.15) is 5.78 Å². The van der Waals surface area contributed by atoms with Gasteiger partial charge in [0, 0.05) is 23.4 Å². The van der Waals surface area contributed by atoms with Crippen LogP contribution in [0.5, 0.6) is 0 Å². The molecule has 3 heteroatoms. The van der Waals surface area contributed by atoms with E-state index in [0.29, 0.717) is 11.4 Å². The smallest absolute Gasteiger partial charge is 0.141 e. The summed E-state index contributed by atoms with van der Waals surface area (Å²) >= 11 is 5.91. The minimum atomic E-state index is 0.0442. The van der Waals surface area contributed by atoms with E-state index in [1.165, 1.54) is 0 Å². The van der Waals surface area contributed by atoms with Crippen LogP contribution in [0.15, 0.2) is 24.3 Å². The second kappa shape index (κ2) is 5.65. The molecule has 1 aromatic carbocycles. The Balaban J connectivity index is 2.01. The van der Waals surface area contributed by atoms with Crippen LogP contribution in [-0.4, -0.2) is 11.8 Å². The molecule has 17 heavy (non-hydrogen) atoms. The second-order valence-corrected chi connectivity index (χ2v) is 5.26. The Bertz CT molecular complexity index is 405. The maximum atomic E-state index is 12.2. The molecule has 1 aliphatic carbocycles. The van der Waals surface area contributed by atoms with Crippen LogP contribution in [0.4, 0.5) is 0 Å². The number of benzene rings is 1. The predicted octanol–water partition coefficient (Wildman–Crippen LogP) is 2.97. The van der Waals surface area contributed by atoms with E-state index in [0.717, 1.165) is 31.2 Å². The van der Waals surface area contributed by atoms with Gasteiger partial charge in [0.2, 0.25) is 0 Å². The molecule has 1 fully saturated rings. The number of hydrogen-bond donors (Lipinski definition) is 1. The van der Waals surface area contributed by atoms with E-state index in [1.807, 2.05) is 24.3 Å². The van der Waals surface area contributed by atoms with Crippen molar-refractivity contribution in [1.82, 2.24) is 0 Å². The molecule has 92 valence electrons. The first-order chi connectivity index (χ1) is 8.16. The van der Waals surface area contributed by atoms with Gasteiger partial charge in [-0.3, -0.25) is 4.79 Å². The van der Waals surface area contributed by atoms with Gasteiger partial charge in [-0.1, -0.05) is 36.6 Å². The van der Waals surface area contributed by atoms with Crippen molar-refractivity contribution in [3.63, 3.8) is 0 Å². The highest BCUT2D eigenvalue weighted by molar-refractivity contribution is 6.30. The van der Waals surface area contributed by atoms with Crippen LogP contribution in [0.1, 0.15) is 31.2 Å². The molecule has 2 N–H and O–H groups in total. The van der Waals surface area contributed by atoms with E-state index in [4.69, 9.17) is 17.3 Å². The fourth-order valence-electron chi connectivity index (χ4n) is 2.54. The first-order valence-corrected chi connectivity index (χ1v) is 6.57. The number of carbonyl (C=O) groups is 1. The van der Waals surface area contributed by atoms with Gasteiger partial charge in [-0.15, -0.1) is 0 Å². The molecular weight excluding hydrogens is 234 g/mol. The first-order valence-electron chi connectivity index (χ1n) is 6.19. The Morgan fingerprint density at radius 1 is 1.35 bits per heavy atom. The zero-order chi connectivity index (χ0) is 12.3. The molecule has 2 nitrogen and oxygen atoms in total. The molecule has 2 rings (SSSR count). The van der Waals surface area contributed by atoms with Gasteiger partial charge in [0.05, 0.1) is 0 Å². The minimum Gasteiger partial charge on any atom is -0.327 e. The maximum absolute atomic E-state index is 12.2. The lowest BCUT2D eigenvalue weighted by Gasteiger charge is -2.27. The lowest BCUT2D eigenvalue weighted by molar-refractivity contribution is -0.123. The van der Waals surface area contributed by atoms with E-state index in [-0.39, 0.29) is 17.7 Å². The maximum Gasteiger partial charge on any atom is 0.141 e. The highest BCUT2D eigenvalue weighted by Gasteiger charge is 2.27. The third-order valence-electron chi connectivity index (χ3n) is 3.50. The average molecular weight is 252 g/mol. The van der Waals surface area contributed by atoms with Crippen LogP contribution in [0.2, 0.25) is 5.02 Å². The Morgan fingerprint density at radius 2 is 2.12 bits per heavy atom. The number of hydrogen-bond acceptors (Lipinski definition) is 2. The molecule has 0 amide bonds. The van der Waals surface area contributed by atoms with Gasteiger partial charge in [-0.25, -0.2) is 0 Å². The topological polar surface area (TPSA) is 43.1 Å². The zero-order valence-electron chi connectivity index (χ0n) is 9.86. The molecule has 0 saturated heterocycles. The number of rotatable bonds is 3. The quantitative estimate of drug-likeness (QED) is 0.898. The van der Waals surface area contributed by atoms with E-state index < -0.39 is 0 Å². The summed E-state index contributed by atoms with van der Waals surface area (Å²) in [7, 11) is 0. The zero-order valence-corrected chi connectivity index (χ0v) is 10.6. The van der Waals surface area contributed by atoms with Crippen molar-refractivity contribution < 1.29 is 4.79 Å². The van der Waals surface area contributed by atoms with Crippen LogP contribution >= 0.6 is 11.6 Å². The number of Topliss-reactive ketones (excluding diaryl/α,β-unsaturated/α-hetero) is 1. The summed E-state index contributed by atoms with van der Waals surface area (Å²) in [5.41, 5.74) is 7.00. The Kier molecular flexibility index (Phi) is 4.19. The second-order valence-electron chi connectivity index (χ2n) is 4.83. The normalized spacial score (nSPS) is 24.6. The Hall–Kier alpha value is -0.860. The minimum absolute atomic E-state index is 0.0442. The molecule has 0 bridgehead atoms. The average Bonchev–Trinajstić information content (AvgIpc) is 2.29. The van der Waals surface area contributed by atoms with Crippen molar-refractivity contribution in [1.29, 1.82) is 0 Å². The molecule has 1 saturated carbocycles. The van der Waals surface area contributed by atoms with E-state index in [9.17, 15) is 4.79 Å². The third kappa shape index (κ3) is 3.30. The SMILES string of the molecule is NC1CCCCC1C(=O)Cc1cccc(Cl)c1. The number of carbonyl (C=O) groups excluding carboxylic acids is 1. The highest BCUT2D eigenvalue weighted by Crippen LogP contribution is 2.25. The molecule has 0 aromatic heterocycles. The lowest BCUT2D eigenvalue weighted by atomic mass is 9.81. The summed E-state index contributed by atoms with van der Waals surface area (Å²) in [4.78, 5) is 12.2. The predicted molar refractivity (Wildman–Crippen MR) is 70.1 cm³/mol. The van der Waals surface area contributed by atoms with Crippen molar-refractivity contribution in [3.8, 4) is 0 Å². The molecule has 0 spiro atoms. The largest absolute Gasteiger partial charge is 0.327 e. The summed E-state index contributed by atoms with van der Waals surface area (Å²) in [6, 6.07) is 7.55. The number of ketones is 1. The van der Waals surface area contributed by atoms with E-state index in [2.05, 4.69) is 0 Å². The van der Waals surface area contributed by atoms with Crippen LogP contribution < -0.4 is 5.73 Å². The van der Waals surface area contributed by atoms with Crippen molar-refractivity contribution in [2.45, 2.75) is 38.1 Å². The molecule has 1 aliphatic rings. The van der Waals surface area contributed by atoms with Crippen LogP contribution in [0.25, 0.3) is 0 Å². The third-order valence-corrected chi connectivity index (χ3v) is 3.74. The fourth-order valence-corrected chi connectivity index (χ4v) is 2.75. The molecule has 1 aromatic rings. The molecule has 2 atom stereocenters. The summed E-state index contributed by atoms with van der Waals surface area (Å²) in [6.07, 6.45) is 4.66. The van der Waals surface area contributed by atoms with Gasteiger partial charge in [0.15, 0.2) is 0 Å². The van der Waals surface area contributed by atoms with E-state index >= 15 is 0 Å². The monoisotopic (exact) mass is 251 g/mol. The number of nitrogens with two attached hydrogens (primary N) is 1. The molecule has 0 aliphatic heterocycles. The lowest BCUT2D eigenvalue weighted by Crippen LogP contribution is -2.38. The van der Waals surface area contributed by atoms with Crippen LogP contribution in [0.3, 0.4) is 0 Å². The van der Waals surface area contributed by atoms with Gasteiger partial charge in [0.25, 0.3) is 0 Å². The van der Waals surface area contributed by atoms with Crippen LogP contribution in [-0.2, 0) is 11.2 Å². The van der Waals surface area contributed by atoms with Gasteiger partial charge < -0.3 is 5.73 Å². The van der Waals surface area contributed by atoms with Crippen molar-refractivity contribution >= 4 is 17.4 Å². The van der Waals surface area contributed by atoms with Crippen molar-refractivity contribution in [3.05, 3.63) is 34.9 Å². The van der Waals surface area contributed by atoms with Gasteiger partial charge in [-0.2, -0.15) is 0 Å². The Labute approximate surface area is 107 Å². The first kappa shape index (κ1) is 12.6. The summed E-state index contributed by atoms with van der Waals surface area (Å²) < 4.78 is 0.